The lowest BCUT2D eigenvalue weighted by Gasteiger charge is -2.06. The molecule has 0 unspecified atom stereocenters. The fourth-order valence-corrected chi connectivity index (χ4v) is 3.98. The SMILES string of the molecule is Cc1cn2c3c(=O)n(C/C=C/c4ccccc4)c(=O)n(C)c3nc2n1-c1cccc(O)c1. The van der Waals surface area contributed by atoms with E-state index in [0.29, 0.717) is 22.6 Å². The summed E-state index contributed by atoms with van der Waals surface area (Å²) in [6.07, 6.45) is 5.49. The number of rotatable bonds is 4. The van der Waals surface area contributed by atoms with Gasteiger partial charge < -0.3 is 5.11 Å². The number of hydrogen-bond acceptors (Lipinski definition) is 4. The molecular weight excluding hydrogens is 406 g/mol. The van der Waals surface area contributed by atoms with Gasteiger partial charge in [-0.2, -0.15) is 4.98 Å². The zero-order valence-electron chi connectivity index (χ0n) is 17.6. The van der Waals surface area contributed by atoms with Crippen LogP contribution in [0.15, 0.2) is 76.5 Å². The number of phenols is 1. The fraction of sp³-hybridized carbons (Fsp3) is 0.125. The first-order valence-electron chi connectivity index (χ1n) is 10.2. The van der Waals surface area contributed by atoms with Crippen LogP contribution >= 0.6 is 0 Å². The van der Waals surface area contributed by atoms with Crippen LogP contribution in [0.3, 0.4) is 0 Å². The number of aromatic nitrogens is 5. The number of imidazole rings is 2. The van der Waals surface area contributed by atoms with Gasteiger partial charge in [0.15, 0.2) is 11.2 Å². The largest absolute Gasteiger partial charge is 0.508 e. The maximum absolute atomic E-state index is 13.3. The average molecular weight is 427 g/mol. The van der Waals surface area contributed by atoms with E-state index in [4.69, 9.17) is 0 Å². The summed E-state index contributed by atoms with van der Waals surface area (Å²) in [5, 5.41) is 9.89. The third-order valence-electron chi connectivity index (χ3n) is 5.51. The van der Waals surface area contributed by atoms with Crippen molar-refractivity contribution in [3.05, 3.63) is 99.0 Å². The van der Waals surface area contributed by atoms with Crippen molar-refractivity contribution >= 4 is 23.0 Å². The van der Waals surface area contributed by atoms with E-state index < -0.39 is 11.2 Å². The summed E-state index contributed by atoms with van der Waals surface area (Å²) in [6, 6.07) is 16.5. The number of allylic oxidation sites excluding steroid dienone is 1. The molecule has 0 amide bonds. The smallest absolute Gasteiger partial charge is 0.332 e. The van der Waals surface area contributed by atoms with Gasteiger partial charge in [-0.15, -0.1) is 0 Å². The highest BCUT2D eigenvalue weighted by Crippen LogP contribution is 2.23. The predicted octanol–water partition coefficient (Wildman–Crippen LogP) is 2.87. The molecule has 0 aliphatic carbocycles. The third-order valence-corrected chi connectivity index (χ3v) is 5.51. The van der Waals surface area contributed by atoms with Gasteiger partial charge in [0, 0.05) is 31.5 Å². The molecule has 8 heteroatoms. The third kappa shape index (κ3) is 3.04. The summed E-state index contributed by atoms with van der Waals surface area (Å²) in [4.78, 5) is 30.9. The molecule has 0 bridgehead atoms. The van der Waals surface area contributed by atoms with E-state index in [0.717, 1.165) is 11.3 Å². The van der Waals surface area contributed by atoms with Gasteiger partial charge in [0.2, 0.25) is 5.78 Å². The van der Waals surface area contributed by atoms with Crippen LogP contribution in [-0.2, 0) is 13.6 Å². The molecular formula is C24H21N5O3. The van der Waals surface area contributed by atoms with Crippen molar-refractivity contribution < 1.29 is 5.11 Å². The van der Waals surface area contributed by atoms with Gasteiger partial charge in [0.1, 0.15) is 5.75 Å². The zero-order chi connectivity index (χ0) is 22.4. The van der Waals surface area contributed by atoms with Gasteiger partial charge in [0.05, 0.1) is 5.69 Å². The fourth-order valence-electron chi connectivity index (χ4n) is 3.98. The van der Waals surface area contributed by atoms with Crippen LogP contribution in [0.4, 0.5) is 0 Å². The molecule has 0 atom stereocenters. The summed E-state index contributed by atoms with van der Waals surface area (Å²) >= 11 is 0. The van der Waals surface area contributed by atoms with Gasteiger partial charge in [0.25, 0.3) is 5.56 Å². The van der Waals surface area contributed by atoms with E-state index in [1.165, 1.54) is 9.13 Å². The van der Waals surface area contributed by atoms with Gasteiger partial charge in [-0.25, -0.2) is 4.79 Å². The normalized spacial score (nSPS) is 11.8. The zero-order valence-corrected chi connectivity index (χ0v) is 17.6. The molecule has 3 heterocycles. The Labute approximate surface area is 182 Å². The van der Waals surface area contributed by atoms with E-state index in [9.17, 15) is 14.7 Å². The molecule has 0 saturated heterocycles. The second-order valence-corrected chi connectivity index (χ2v) is 7.65. The Hall–Kier alpha value is -4.33. The van der Waals surface area contributed by atoms with Gasteiger partial charge in [-0.3, -0.25) is 22.9 Å². The minimum absolute atomic E-state index is 0.129. The topological polar surface area (TPSA) is 86.5 Å². The first-order valence-corrected chi connectivity index (χ1v) is 10.2. The Kier molecular flexibility index (Phi) is 4.55. The van der Waals surface area contributed by atoms with Crippen LogP contribution in [0.1, 0.15) is 11.3 Å². The van der Waals surface area contributed by atoms with Gasteiger partial charge >= 0.3 is 5.69 Å². The number of phenolic OH excluding ortho intramolecular Hbond substituents is 1. The first-order chi connectivity index (χ1) is 15.5. The monoisotopic (exact) mass is 427 g/mol. The standard InChI is InChI=1S/C24H21N5O3/c1-16-15-28-20-21(25-23(28)29(16)18-11-6-12-19(30)14-18)26(2)24(32)27(22(20)31)13-7-10-17-8-4-3-5-9-17/h3-12,14-15,30H,13H2,1-2H3/b10-7+. The number of fused-ring (bicyclic) bond motifs is 3. The Bertz CT molecular complexity index is 1620. The maximum atomic E-state index is 13.3. The minimum Gasteiger partial charge on any atom is -0.508 e. The number of aromatic hydroxyl groups is 1. The van der Waals surface area contributed by atoms with Crippen molar-refractivity contribution in [2.75, 3.05) is 0 Å². The lowest BCUT2D eigenvalue weighted by molar-refractivity contribution is 0.475. The van der Waals surface area contributed by atoms with E-state index in [1.807, 2.05) is 60.2 Å². The molecule has 0 aliphatic heterocycles. The lowest BCUT2D eigenvalue weighted by atomic mass is 10.2. The molecule has 0 saturated carbocycles. The maximum Gasteiger partial charge on any atom is 0.332 e. The molecule has 5 rings (SSSR count). The molecule has 160 valence electrons. The molecule has 2 aromatic carbocycles. The molecule has 3 aromatic heterocycles. The molecule has 1 N–H and O–H groups in total. The first kappa shape index (κ1) is 19.6. The van der Waals surface area contributed by atoms with Crippen LogP contribution in [0.2, 0.25) is 0 Å². The van der Waals surface area contributed by atoms with E-state index >= 15 is 0 Å². The Morgan fingerprint density at radius 2 is 1.84 bits per heavy atom. The van der Waals surface area contributed by atoms with Crippen molar-refractivity contribution in [1.82, 2.24) is 23.1 Å². The van der Waals surface area contributed by atoms with Crippen molar-refractivity contribution in [2.45, 2.75) is 13.5 Å². The molecule has 0 fully saturated rings. The number of nitrogens with zero attached hydrogens (tertiary/aromatic N) is 5. The van der Waals surface area contributed by atoms with E-state index in [1.54, 1.807) is 35.7 Å². The van der Waals surface area contributed by atoms with Crippen molar-refractivity contribution in [2.24, 2.45) is 7.05 Å². The van der Waals surface area contributed by atoms with Gasteiger partial charge in [-0.05, 0) is 24.6 Å². The number of hydrogen-bond donors (Lipinski definition) is 1. The number of benzene rings is 2. The molecule has 0 radical (unpaired) electrons. The second-order valence-electron chi connectivity index (χ2n) is 7.65. The van der Waals surface area contributed by atoms with Crippen LogP contribution < -0.4 is 11.2 Å². The molecule has 32 heavy (non-hydrogen) atoms. The molecule has 0 spiro atoms. The van der Waals surface area contributed by atoms with Crippen LogP contribution in [0, 0.1) is 6.92 Å². The minimum atomic E-state index is -0.429. The van der Waals surface area contributed by atoms with E-state index in [2.05, 4.69) is 4.98 Å². The average Bonchev–Trinajstić information content (AvgIpc) is 3.30. The lowest BCUT2D eigenvalue weighted by Crippen LogP contribution is -2.39. The van der Waals surface area contributed by atoms with Crippen molar-refractivity contribution in [3.8, 4) is 11.4 Å². The molecule has 5 aromatic rings. The predicted molar refractivity (Wildman–Crippen MR) is 123 cm³/mol. The summed E-state index contributed by atoms with van der Waals surface area (Å²) < 4.78 is 6.14. The summed E-state index contributed by atoms with van der Waals surface area (Å²) in [7, 11) is 1.61. The molecule has 8 nitrogen and oxygen atoms in total. The highest BCUT2D eigenvalue weighted by atomic mass is 16.3. The van der Waals surface area contributed by atoms with E-state index in [-0.39, 0.29) is 12.3 Å². The second kappa shape index (κ2) is 7.42. The summed E-state index contributed by atoms with van der Waals surface area (Å²) in [5.74, 6) is 0.623. The molecule has 0 aliphatic rings. The van der Waals surface area contributed by atoms with Crippen molar-refractivity contribution in [1.29, 1.82) is 0 Å². The quantitative estimate of drug-likeness (QED) is 0.478. The van der Waals surface area contributed by atoms with Crippen LogP contribution in [0.25, 0.3) is 28.7 Å². The summed E-state index contributed by atoms with van der Waals surface area (Å²) in [6.45, 7) is 2.05. The van der Waals surface area contributed by atoms with Crippen LogP contribution in [-0.4, -0.2) is 28.2 Å². The highest BCUT2D eigenvalue weighted by Gasteiger charge is 2.20. The Balaban J connectivity index is 1.69. The van der Waals surface area contributed by atoms with Gasteiger partial charge in [-0.1, -0.05) is 48.6 Å². The summed E-state index contributed by atoms with van der Waals surface area (Å²) in [5.41, 5.74) is 2.35. The number of aryl methyl sites for hydroxylation is 2. The Morgan fingerprint density at radius 1 is 1.06 bits per heavy atom. The van der Waals surface area contributed by atoms with Crippen LogP contribution in [0.5, 0.6) is 5.75 Å². The van der Waals surface area contributed by atoms with Crippen molar-refractivity contribution in [3.63, 3.8) is 0 Å². The Morgan fingerprint density at radius 3 is 2.59 bits per heavy atom. The highest BCUT2D eigenvalue weighted by molar-refractivity contribution is 5.76.